The molecule has 29 heavy (non-hydrogen) atoms. The third kappa shape index (κ3) is 3.90. The molecule has 0 N–H and O–H groups in total. The lowest BCUT2D eigenvalue weighted by atomic mass is 9.90. The fourth-order valence-corrected chi connectivity index (χ4v) is 4.96. The number of carbonyl (C=O) groups is 2. The number of hydrogen-bond acceptors (Lipinski definition) is 4. The van der Waals surface area contributed by atoms with Gasteiger partial charge < -0.3 is 9.30 Å². The first kappa shape index (κ1) is 19.6. The molecule has 1 aromatic heterocycles. The Morgan fingerprint density at radius 1 is 1.03 bits per heavy atom. The largest absolute Gasteiger partial charge is 0.462 e. The zero-order valence-electron chi connectivity index (χ0n) is 16.7. The van der Waals surface area contributed by atoms with Crippen molar-refractivity contribution in [3.8, 4) is 0 Å². The Morgan fingerprint density at radius 2 is 1.79 bits per heavy atom. The Bertz CT molecular complexity index is 1160. The summed E-state index contributed by atoms with van der Waals surface area (Å²) in [4.78, 5) is 30.0. The molecule has 150 valence electrons. The van der Waals surface area contributed by atoms with Crippen LogP contribution in [-0.2, 0) is 24.1 Å². The molecule has 3 aromatic rings. The first-order valence-electron chi connectivity index (χ1n) is 10.1. The number of fused-ring (bicyclic) bond motifs is 2. The SMILES string of the molecule is CCOC(=O)c1ccc2c(c1)sc(=NC(=O)c1ccc3c(c1)CCCC3)n2CC. The number of amides is 1. The average molecular weight is 409 g/mol. The van der Waals surface area contributed by atoms with E-state index in [0.717, 1.165) is 23.1 Å². The summed E-state index contributed by atoms with van der Waals surface area (Å²) in [6.07, 6.45) is 4.52. The third-order valence-corrected chi connectivity index (χ3v) is 6.34. The number of esters is 1. The fraction of sp³-hybridized carbons (Fsp3) is 0.348. The van der Waals surface area contributed by atoms with Crippen LogP contribution in [0.3, 0.4) is 0 Å². The predicted molar refractivity (Wildman–Crippen MR) is 114 cm³/mol. The Hall–Kier alpha value is -2.73. The van der Waals surface area contributed by atoms with Crippen molar-refractivity contribution in [2.24, 2.45) is 4.99 Å². The number of benzene rings is 2. The summed E-state index contributed by atoms with van der Waals surface area (Å²) in [6, 6.07) is 11.4. The van der Waals surface area contributed by atoms with Crippen LogP contribution in [-0.4, -0.2) is 23.1 Å². The zero-order chi connectivity index (χ0) is 20.4. The monoisotopic (exact) mass is 408 g/mol. The van der Waals surface area contributed by atoms with Gasteiger partial charge in [-0.2, -0.15) is 4.99 Å². The van der Waals surface area contributed by atoms with Crippen molar-refractivity contribution in [2.75, 3.05) is 6.61 Å². The summed E-state index contributed by atoms with van der Waals surface area (Å²) in [7, 11) is 0. The van der Waals surface area contributed by atoms with E-state index in [4.69, 9.17) is 4.74 Å². The van der Waals surface area contributed by atoms with Crippen LogP contribution in [0.1, 0.15) is 58.5 Å². The highest BCUT2D eigenvalue weighted by molar-refractivity contribution is 7.16. The maximum atomic E-state index is 12.9. The van der Waals surface area contributed by atoms with Crippen molar-refractivity contribution < 1.29 is 14.3 Å². The fourth-order valence-electron chi connectivity index (χ4n) is 3.82. The zero-order valence-corrected chi connectivity index (χ0v) is 17.6. The van der Waals surface area contributed by atoms with Gasteiger partial charge in [0, 0.05) is 12.1 Å². The van der Waals surface area contributed by atoms with E-state index in [-0.39, 0.29) is 11.9 Å². The lowest BCUT2D eigenvalue weighted by molar-refractivity contribution is 0.0526. The Kier molecular flexibility index (Phi) is 5.62. The van der Waals surface area contributed by atoms with Gasteiger partial charge in [-0.15, -0.1) is 0 Å². The summed E-state index contributed by atoms with van der Waals surface area (Å²) < 4.78 is 8.01. The minimum atomic E-state index is -0.338. The van der Waals surface area contributed by atoms with Crippen molar-refractivity contribution in [1.29, 1.82) is 0 Å². The Balaban J connectivity index is 1.73. The summed E-state index contributed by atoms with van der Waals surface area (Å²) in [5, 5.41) is 0. The van der Waals surface area contributed by atoms with E-state index in [1.807, 2.05) is 35.8 Å². The van der Waals surface area contributed by atoms with Crippen LogP contribution < -0.4 is 4.80 Å². The molecular formula is C23H24N2O3S. The van der Waals surface area contributed by atoms with Gasteiger partial charge in [-0.05, 0) is 81.0 Å². The molecule has 1 heterocycles. The average Bonchev–Trinajstić information content (AvgIpc) is 3.09. The third-order valence-electron chi connectivity index (χ3n) is 5.30. The van der Waals surface area contributed by atoms with E-state index in [1.54, 1.807) is 13.0 Å². The molecule has 0 saturated carbocycles. The molecule has 0 spiro atoms. The Morgan fingerprint density at radius 3 is 2.55 bits per heavy atom. The molecule has 4 rings (SSSR count). The van der Waals surface area contributed by atoms with E-state index in [1.165, 1.54) is 35.3 Å². The minimum Gasteiger partial charge on any atom is -0.462 e. The summed E-state index contributed by atoms with van der Waals surface area (Å²) in [5.41, 5.74) is 4.73. The molecule has 0 fully saturated rings. The molecule has 1 aliphatic carbocycles. The standard InChI is InChI=1S/C23H24N2O3S/c1-3-25-19-12-11-18(22(27)28-4-2)14-20(19)29-23(25)24-21(26)17-10-9-15-7-5-6-8-16(15)13-17/h9-14H,3-8H2,1-2H3. The van der Waals surface area contributed by atoms with Gasteiger partial charge in [0.25, 0.3) is 5.91 Å². The molecular weight excluding hydrogens is 384 g/mol. The van der Waals surface area contributed by atoms with Crippen LogP contribution in [0.5, 0.6) is 0 Å². The number of hydrogen-bond donors (Lipinski definition) is 0. The molecule has 1 amide bonds. The normalized spacial score (nSPS) is 14.1. The maximum Gasteiger partial charge on any atom is 0.338 e. The van der Waals surface area contributed by atoms with Gasteiger partial charge in [-0.25, -0.2) is 4.79 Å². The van der Waals surface area contributed by atoms with Crippen LogP contribution in [0.2, 0.25) is 0 Å². The molecule has 0 saturated heterocycles. The van der Waals surface area contributed by atoms with E-state index >= 15 is 0 Å². The van der Waals surface area contributed by atoms with Crippen molar-refractivity contribution in [3.05, 3.63) is 63.5 Å². The highest BCUT2D eigenvalue weighted by Gasteiger charge is 2.14. The molecule has 1 aliphatic rings. The molecule has 6 heteroatoms. The van der Waals surface area contributed by atoms with Crippen molar-refractivity contribution in [3.63, 3.8) is 0 Å². The summed E-state index contributed by atoms with van der Waals surface area (Å²) in [6.45, 7) is 4.84. The summed E-state index contributed by atoms with van der Waals surface area (Å²) >= 11 is 1.42. The summed E-state index contributed by atoms with van der Waals surface area (Å²) in [5.74, 6) is -0.563. The first-order chi connectivity index (χ1) is 14.1. The quantitative estimate of drug-likeness (QED) is 0.597. The van der Waals surface area contributed by atoms with Gasteiger partial charge in [-0.3, -0.25) is 4.79 Å². The first-order valence-corrected chi connectivity index (χ1v) is 10.9. The van der Waals surface area contributed by atoms with Crippen LogP contribution in [0.15, 0.2) is 41.4 Å². The second kappa shape index (κ2) is 8.33. The van der Waals surface area contributed by atoms with E-state index in [9.17, 15) is 9.59 Å². The molecule has 2 aromatic carbocycles. The molecule has 0 atom stereocenters. The highest BCUT2D eigenvalue weighted by Crippen LogP contribution is 2.23. The van der Waals surface area contributed by atoms with Gasteiger partial charge in [0.05, 0.1) is 22.4 Å². The lowest BCUT2D eigenvalue weighted by Gasteiger charge is -2.15. The molecule has 0 radical (unpaired) electrons. The van der Waals surface area contributed by atoms with Gasteiger partial charge in [0.1, 0.15) is 0 Å². The van der Waals surface area contributed by atoms with E-state index in [0.29, 0.717) is 29.1 Å². The number of aryl methyl sites for hydroxylation is 3. The van der Waals surface area contributed by atoms with Crippen LogP contribution in [0.4, 0.5) is 0 Å². The maximum absolute atomic E-state index is 12.9. The number of nitrogens with zero attached hydrogens (tertiary/aromatic N) is 2. The van der Waals surface area contributed by atoms with Gasteiger partial charge in [-0.1, -0.05) is 17.4 Å². The number of thiazole rings is 1. The predicted octanol–water partition coefficient (Wildman–Crippen LogP) is 4.52. The Labute approximate surface area is 173 Å². The smallest absolute Gasteiger partial charge is 0.338 e. The minimum absolute atomic E-state index is 0.224. The van der Waals surface area contributed by atoms with Gasteiger partial charge in [0.15, 0.2) is 4.80 Å². The second-order valence-corrected chi connectivity index (χ2v) is 8.15. The molecule has 5 nitrogen and oxygen atoms in total. The van der Waals surface area contributed by atoms with Crippen LogP contribution >= 0.6 is 11.3 Å². The lowest BCUT2D eigenvalue weighted by Crippen LogP contribution is -2.16. The second-order valence-electron chi connectivity index (χ2n) is 7.14. The highest BCUT2D eigenvalue weighted by atomic mass is 32.1. The van der Waals surface area contributed by atoms with Crippen molar-refractivity contribution in [1.82, 2.24) is 4.57 Å². The van der Waals surface area contributed by atoms with Crippen molar-refractivity contribution in [2.45, 2.75) is 46.1 Å². The number of rotatable bonds is 4. The number of aromatic nitrogens is 1. The number of ether oxygens (including phenoxy) is 1. The van der Waals surface area contributed by atoms with Crippen LogP contribution in [0.25, 0.3) is 10.2 Å². The van der Waals surface area contributed by atoms with E-state index < -0.39 is 0 Å². The molecule has 0 aliphatic heterocycles. The topological polar surface area (TPSA) is 60.7 Å². The number of carbonyl (C=O) groups excluding carboxylic acids is 2. The van der Waals surface area contributed by atoms with Crippen LogP contribution in [0, 0.1) is 0 Å². The molecule has 0 bridgehead atoms. The van der Waals surface area contributed by atoms with Crippen molar-refractivity contribution >= 4 is 33.4 Å². The van der Waals surface area contributed by atoms with Gasteiger partial charge in [0.2, 0.25) is 0 Å². The van der Waals surface area contributed by atoms with Gasteiger partial charge >= 0.3 is 5.97 Å². The molecule has 0 unspecified atom stereocenters. The van der Waals surface area contributed by atoms with E-state index in [2.05, 4.69) is 11.1 Å².